The minimum Gasteiger partial charge on any atom is -0.372 e. The molecule has 1 aromatic carbocycles. The van der Waals surface area contributed by atoms with Gasteiger partial charge in [0.2, 0.25) is 0 Å². The SMILES string of the molecule is CCN(CC)c1ccc(C=CCS)cc1. The minimum absolute atomic E-state index is 0.789. The maximum atomic E-state index is 4.14. The molecule has 0 saturated carbocycles. The van der Waals surface area contributed by atoms with Crippen LogP contribution in [0.15, 0.2) is 30.3 Å². The summed E-state index contributed by atoms with van der Waals surface area (Å²) in [6, 6.07) is 8.64. The van der Waals surface area contributed by atoms with Crippen LogP contribution in [0.25, 0.3) is 6.08 Å². The van der Waals surface area contributed by atoms with Crippen molar-refractivity contribution in [2.75, 3.05) is 23.7 Å². The summed E-state index contributed by atoms with van der Waals surface area (Å²) in [6.45, 7) is 6.47. The van der Waals surface area contributed by atoms with E-state index < -0.39 is 0 Å². The molecule has 1 rings (SSSR count). The number of hydrogen-bond acceptors (Lipinski definition) is 2. The molecule has 0 aliphatic rings. The molecule has 2 heteroatoms. The molecule has 0 saturated heterocycles. The van der Waals surface area contributed by atoms with Crippen molar-refractivity contribution in [3.05, 3.63) is 35.9 Å². The van der Waals surface area contributed by atoms with Gasteiger partial charge in [0.05, 0.1) is 0 Å². The Bertz CT molecular complexity index is 299. The molecule has 15 heavy (non-hydrogen) atoms. The van der Waals surface area contributed by atoms with E-state index in [4.69, 9.17) is 0 Å². The van der Waals surface area contributed by atoms with E-state index in [0.29, 0.717) is 0 Å². The van der Waals surface area contributed by atoms with E-state index in [2.05, 4.69) is 67.8 Å². The number of anilines is 1. The van der Waals surface area contributed by atoms with Crippen LogP contribution in [0.2, 0.25) is 0 Å². The first-order chi connectivity index (χ1) is 7.31. The van der Waals surface area contributed by atoms with Crippen LogP contribution in [0.4, 0.5) is 5.69 Å². The quantitative estimate of drug-likeness (QED) is 0.745. The maximum Gasteiger partial charge on any atom is 0.0366 e. The average molecular weight is 221 g/mol. The minimum atomic E-state index is 0.789. The fourth-order valence-corrected chi connectivity index (χ4v) is 1.68. The average Bonchev–Trinajstić information content (AvgIpc) is 2.29. The molecule has 0 spiro atoms. The molecule has 0 bridgehead atoms. The summed E-state index contributed by atoms with van der Waals surface area (Å²) in [5, 5.41) is 0. The molecule has 0 amide bonds. The summed E-state index contributed by atoms with van der Waals surface area (Å²) >= 11 is 4.14. The Morgan fingerprint density at radius 2 is 1.73 bits per heavy atom. The molecular formula is C13H19NS. The van der Waals surface area contributed by atoms with E-state index in [0.717, 1.165) is 18.8 Å². The lowest BCUT2D eigenvalue weighted by atomic mass is 10.2. The number of rotatable bonds is 5. The van der Waals surface area contributed by atoms with E-state index in [9.17, 15) is 0 Å². The van der Waals surface area contributed by atoms with Gasteiger partial charge >= 0.3 is 0 Å². The van der Waals surface area contributed by atoms with E-state index in [1.165, 1.54) is 11.3 Å². The zero-order valence-corrected chi connectivity index (χ0v) is 10.4. The summed E-state index contributed by atoms with van der Waals surface area (Å²) in [5.41, 5.74) is 2.53. The summed E-state index contributed by atoms with van der Waals surface area (Å²) in [5.74, 6) is 0.789. The van der Waals surface area contributed by atoms with E-state index in [1.807, 2.05) is 0 Å². The second-order valence-corrected chi connectivity index (χ2v) is 3.71. The standard InChI is InChI=1S/C13H19NS/c1-3-14(4-2)13-9-7-12(8-10-13)6-5-11-15/h5-10,15H,3-4,11H2,1-2H3. The van der Waals surface area contributed by atoms with Crippen molar-refractivity contribution in [1.82, 2.24) is 0 Å². The Balaban J connectivity index is 2.75. The van der Waals surface area contributed by atoms with E-state index >= 15 is 0 Å². The van der Waals surface area contributed by atoms with Crippen molar-refractivity contribution >= 4 is 24.4 Å². The van der Waals surface area contributed by atoms with E-state index in [-0.39, 0.29) is 0 Å². The van der Waals surface area contributed by atoms with Crippen molar-refractivity contribution in [3.8, 4) is 0 Å². The first-order valence-corrected chi connectivity index (χ1v) is 6.07. The van der Waals surface area contributed by atoms with Crippen LogP contribution in [0.5, 0.6) is 0 Å². The van der Waals surface area contributed by atoms with Crippen LogP contribution >= 0.6 is 12.6 Å². The Morgan fingerprint density at radius 1 is 1.13 bits per heavy atom. The molecule has 0 radical (unpaired) electrons. The van der Waals surface area contributed by atoms with Crippen LogP contribution in [0.1, 0.15) is 19.4 Å². The summed E-state index contributed by atoms with van der Waals surface area (Å²) in [4.78, 5) is 2.34. The molecule has 82 valence electrons. The molecule has 0 N–H and O–H groups in total. The van der Waals surface area contributed by atoms with Gasteiger partial charge in [-0.05, 0) is 31.5 Å². The highest BCUT2D eigenvalue weighted by Gasteiger charge is 1.99. The third-order valence-corrected chi connectivity index (χ3v) is 2.65. The first kappa shape index (κ1) is 12.2. The highest BCUT2D eigenvalue weighted by atomic mass is 32.1. The fraction of sp³-hybridized carbons (Fsp3) is 0.385. The Kier molecular flexibility index (Phi) is 5.33. The van der Waals surface area contributed by atoms with Crippen molar-refractivity contribution < 1.29 is 0 Å². The lowest BCUT2D eigenvalue weighted by Gasteiger charge is -2.20. The smallest absolute Gasteiger partial charge is 0.0366 e. The Hall–Kier alpha value is -0.890. The number of hydrogen-bond donors (Lipinski definition) is 1. The van der Waals surface area contributed by atoms with Gasteiger partial charge in [-0.3, -0.25) is 0 Å². The van der Waals surface area contributed by atoms with Crippen LogP contribution in [-0.4, -0.2) is 18.8 Å². The fourth-order valence-electron chi connectivity index (χ4n) is 1.57. The molecule has 0 aliphatic carbocycles. The van der Waals surface area contributed by atoms with Gasteiger partial charge in [0.15, 0.2) is 0 Å². The zero-order chi connectivity index (χ0) is 11.1. The molecule has 0 unspecified atom stereocenters. The topological polar surface area (TPSA) is 3.24 Å². The first-order valence-electron chi connectivity index (χ1n) is 5.44. The van der Waals surface area contributed by atoms with Crippen LogP contribution in [0, 0.1) is 0 Å². The number of nitrogens with zero attached hydrogens (tertiary/aromatic N) is 1. The predicted molar refractivity (Wildman–Crippen MR) is 72.9 cm³/mol. The highest BCUT2D eigenvalue weighted by molar-refractivity contribution is 7.80. The van der Waals surface area contributed by atoms with Gasteiger partial charge < -0.3 is 4.90 Å². The van der Waals surface area contributed by atoms with Gasteiger partial charge in [0.25, 0.3) is 0 Å². The monoisotopic (exact) mass is 221 g/mol. The van der Waals surface area contributed by atoms with Gasteiger partial charge in [-0.2, -0.15) is 12.6 Å². The highest BCUT2D eigenvalue weighted by Crippen LogP contribution is 2.15. The molecule has 0 aliphatic heterocycles. The normalized spacial score (nSPS) is 10.9. The molecule has 0 aromatic heterocycles. The van der Waals surface area contributed by atoms with Crippen LogP contribution < -0.4 is 4.90 Å². The summed E-state index contributed by atoms with van der Waals surface area (Å²) in [6.07, 6.45) is 4.15. The van der Waals surface area contributed by atoms with Crippen molar-refractivity contribution in [3.63, 3.8) is 0 Å². The number of thiol groups is 1. The largest absolute Gasteiger partial charge is 0.372 e. The van der Waals surface area contributed by atoms with E-state index in [1.54, 1.807) is 0 Å². The zero-order valence-electron chi connectivity index (χ0n) is 9.48. The molecule has 0 heterocycles. The Labute approximate surface area is 98.2 Å². The predicted octanol–water partition coefficient (Wildman–Crippen LogP) is 3.48. The molecule has 1 nitrogen and oxygen atoms in total. The number of benzene rings is 1. The van der Waals surface area contributed by atoms with Gasteiger partial charge in [0.1, 0.15) is 0 Å². The molecular weight excluding hydrogens is 202 g/mol. The van der Waals surface area contributed by atoms with Crippen molar-refractivity contribution in [2.24, 2.45) is 0 Å². The second-order valence-electron chi connectivity index (χ2n) is 3.35. The van der Waals surface area contributed by atoms with Gasteiger partial charge in [0, 0.05) is 24.5 Å². The maximum absolute atomic E-state index is 4.14. The summed E-state index contributed by atoms with van der Waals surface area (Å²) < 4.78 is 0. The Morgan fingerprint density at radius 3 is 2.20 bits per heavy atom. The van der Waals surface area contributed by atoms with Crippen LogP contribution in [0.3, 0.4) is 0 Å². The van der Waals surface area contributed by atoms with Crippen molar-refractivity contribution in [1.29, 1.82) is 0 Å². The molecule has 1 aromatic rings. The van der Waals surface area contributed by atoms with Crippen molar-refractivity contribution in [2.45, 2.75) is 13.8 Å². The second kappa shape index (κ2) is 6.57. The summed E-state index contributed by atoms with van der Waals surface area (Å²) in [7, 11) is 0. The van der Waals surface area contributed by atoms with Gasteiger partial charge in [-0.15, -0.1) is 0 Å². The lowest BCUT2D eigenvalue weighted by molar-refractivity contribution is 0.866. The van der Waals surface area contributed by atoms with Crippen LogP contribution in [-0.2, 0) is 0 Å². The third-order valence-electron chi connectivity index (χ3n) is 2.44. The molecule has 0 atom stereocenters. The van der Waals surface area contributed by atoms with Gasteiger partial charge in [-0.1, -0.05) is 24.3 Å². The lowest BCUT2D eigenvalue weighted by Crippen LogP contribution is -2.21. The third kappa shape index (κ3) is 3.63. The molecule has 0 fully saturated rings. The van der Waals surface area contributed by atoms with Gasteiger partial charge in [-0.25, -0.2) is 0 Å².